The van der Waals surface area contributed by atoms with Gasteiger partial charge in [0.1, 0.15) is 5.01 Å². The molecule has 0 aliphatic heterocycles. The Morgan fingerprint density at radius 1 is 1.14 bits per heavy atom. The molecule has 0 spiro atoms. The van der Waals surface area contributed by atoms with Crippen molar-refractivity contribution in [3.8, 4) is 10.6 Å². The van der Waals surface area contributed by atoms with Crippen LogP contribution in [0.5, 0.6) is 0 Å². The Kier molecular flexibility index (Phi) is 5.27. The van der Waals surface area contributed by atoms with Gasteiger partial charge >= 0.3 is 0 Å². The van der Waals surface area contributed by atoms with E-state index in [4.69, 9.17) is 23.8 Å². The van der Waals surface area contributed by atoms with Crippen LogP contribution in [0.15, 0.2) is 42.5 Å². The molecule has 0 aliphatic carbocycles. The van der Waals surface area contributed by atoms with Gasteiger partial charge < -0.3 is 5.32 Å². The lowest BCUT2D eigenvalue weighted by molar-refractivity contribution is 0.0977. The Morgan fingerprint density at radius 2 is 1.90 bits per heavy atom. The van der Waals surface area contributed by atoms with E-state index in [0.717, 1.165) is 32.6 Å². The van der Waals surface area contributed by atoms with Crippen LogP contribution in [0.1, 0.15) is 21.7 Å². The molecule has 0 saturated carbocycles. The van der Waals surface area contributed by atoms with Crippen LogP contribution in [-0.2, 0) is 0 Å². The summed E-state index contributed by atoms with van der Waals surface area (Å²) >= 11 is 12.6. The second-order valence-corrected chi connectivity index (χ2v) is 8.09. The second-order valence-electron chi connectivity index (χ2n) is 6.29. The first-order chi connectivity index (χ1) is 13.9. The topological polar surface area (TPSA) is 84.2 Å². The van der Waals surface area contributed by atoms with E-state index in [1.54, 1.807) is 28.8 Å². The molecule has 7 nitrogen and oxygen atoms in total. The van der Waals surface area contributed by atoms with Crippen LogP contribution < -0.4 is 10.6 Å². The zero-order valence-corrected chi connectivity index (χ0v) is 17.8. The number of aryl methyl sites for hydroxylation is 2. The molecule has 0 radical (unpaired) electrons. The van der Waals surface area contributed by atoms with Gasteiger partial charge in [-0.05, 0) is 62.0 Å². The molecule has 10 heteroatoms. The molecule has 0 unspecified atom stereocenters. The van der Waals surface area contributed by atoms with Gasteiger partial charge in [0, 0.05) is 21.8 Å². The van der Waals surface area contributed by atoms with Crippen LogP contribution >= 0.6 is 35.2 Å². The highest BCUT2D eigenvalue weighted by Gasteiger charge is 2.13. The molecule has 2 aromatic carbocycles. The van der Waals surface area contributed by atoms with Gasteiger partial charge in [-0.2, -0.15) is 9.61 Å². The lowest BCUT2D eigenvalue weighted by Crippen LogP contribution is -2.34. The van der Waals surface area contributed by atoms with E-state index in [-0.39, 0.29) is 11.0 Å². The highest BCUT2D eigenvalue weighted by atomic mass is 35.5. The number of halogens is 1. The van der Waals surface area contributed by atoms with Crippen LogP contribution in [-0.4, -0.2) is 30.8 Å². The highest BCUT2D eigenvalue weighted by molar-refractivity contribution is 7.80. The van der Waals surface area contributed by atoms with Crippen molar-refractivity contribution in [3.05, 3.63) is 64.4 Å². The summed E-state index contributed by atoms with van der Waals surface area (Å²) in [6, 6.07) is 12.5. The van der Waals surface area contributed by atoms with Gasteiger partial charge in [0.25, 0.3) is 5.91 Å². The lowest BCUT2D eigenvalue weighted by Gasteiger charge is -2.13. The van der Waals surface area contributed by atoms with Crippen molar-refractivity contribution in [2.75, 3.05) is 5.32 Å². The molecule has 2 N–H and O–H groups in total. The number of aromatic nitrogens is 4. The maximum absolute atomic E-state index is 12.3. The van der Waals surface area contributed by atoms with Crippen molar-refractivity contribution < 1.29 is 4.79 Å². The number of nitrogens with one attached hydrogen (secondary N) is 2. The number of fused-ring (bicyclic) bond motifs is 1. The molecule has 0 fully saturated rings. The quantitative estimate of drug-likeness (QED) is 0.461. The van der Waals surface area contributed by atoms with Crippen molar-refractivity contribution in [1.29, 1.82) is 0 Å². The fourth-order valence-corrected chi connectivity index (χ4v) is 3.86. The molecule has 4 aromatic rings. The molecule has 2 aromatic heterocycles. The van der Waals surface area contributed by atoms with Crippen LogP contribution in [0.3, 0.4) is 0 Å². The minimum atomic E-state index is -0.308. The Morgan fingerprint density at radius 3 is 2.62 bits per heavy atom. The summed E-state index contributed by atoms with van der Waals surface area (Å²) in [7, 11) is 0. The molecular formula is C19H15ClN6OS2. The number of anilines is 1. The van der Waals surface area contributed by atoms with E-state index in [1.165, 1.54) is 11.3 Å². The van der Waals surface area contributed by atoms with Gasteiger partial charge in [0.2, 0.25) is 4.96 Å². The standard InChI is InChI=1S/C19H15ClN6OS2/c1-10-3-4-13(17-25-26-11(2)23-24-19(26)29-17)9-15(10)21-18(28)22-16(27)12-5-7-14(20)8-6-12/h3-9H,1-2H3,(H2,21,22,27,28). The summed E-state index contributed by atoms with van der Waals surface area (Å²) < 4.78 is 1.71. The van der Waals surface area contributed by atoms with Gasteiger partial charge in [-0.1, -0.05) is 35.1 Å². The molecule has 4 rings (SSSR count). The summed E-state index contributed by atoms with van der Waals surface area (Å²) in [6.07, 6.45) is 0. The predicted octanol–water partition coefficient (Wildman–Crippen LogP) is 4.25. The van der Waals surface area contributed by atoms with E-state index in [9.17, 15) is 4.79 Å². The monoisotopic (exact) mass is 442 g/mol. The first kappa shape index (κ1) is 19.4. The van der Waals surface area contributed by atoms with Crippen molar-refractivity contribution in [2.24, 2.45) is 0 Å². The molecule has 1 amide bonds. The molecular weight excluding hydrogens is 428 g/mol. The van der Waals surface area contributed by atoms with Crippen molar-refractivity contribution in [2.45, 2.75) is 13.8 Å². The molecule has 0 bridgehead atoms. The first-order valence-corrected chi connectivity index (χ1v) is 10.2. The fraction of sp³-hybridized carbons (Fsp3) is 0.105. The van der Waals surface area contributed by atoms with E-state index in [2.05, 4.69) is 25.9 Å². The van der Waals surface area contributed by atoms with E-state index in [0.29, 0.717) is 10.6 Å². The number of rotatable bonds is 3. The summed E-state index contributed by atoms with van der Waals surface area (Å²) in [6.45, 7) is 3.81. The molecule has 29 heavy (non-hydrogen) atoms. The van der Waals surface area contributed by atoms with E-state index < -0.39 is 0 Å². The van der Waals surface area contributed by atoms with Crippen molar-refractivity contribution in [3.63, 3.8) is 0 Å². The number of carbonyl (C=O) groups is 1. The average molecular weight is 443 g/mol. The zero-order valence-electron chi connectivity index (χ0n) is 15.4. The maximum Gasteiger partial charge on any atom is 0.257 e. The minimum absolute atomic E-state index is 0.208. The van der Waals surface area contributed by atoms with Gasteiger partial charge in [0.15, 0.2) is 10.9 Å². The normalized spacial score (nSPS) is 10.9. The summed E-state index contributed by atoms with van der Waals surface area (Å²) in [5, 5.41) is 20.0. The number of hydrogen-bond donors (Lipinski definition) is 2. The Labute approximate surface area is 180 Å². The third kappa shape index (κ3) is 4.12. The van der Waals surface area contributed by atoms with Crippen LogP contribution in [0.25, 0.3) is 15.5 Å². The third-order valence-electron chi connectivity index (χ3n) is 4.21. The number of hydrogen-bond acceptors (Lipinski definition) is 6. The summed E-state index contributed by atoms with van der Waals surface area (Å²) in [4.78, 5) is 13.1. The Balaban J connectivity index is 1.52. The van der Waals surface area contributed by atoms with Crippen LogP contribution in [0.2, 0.25) is 5.02 Å². The third-order valence-corrected chi connectivity index (χ3v) is 5.62. The number of nitrogens with zero attached hydrogens (tertiary/aromatic N) is 4. The molecule has 0 aliphatic rings. The Hall–Kier alpha value is -2.88. The number of amides is 1. The number of carbonyl (C=O) groups excluding carboxylic acids is 1. The zero-order chi connectivity index (χ0) is 20.5. The lowest BCUT2D eigenvalue weighted by atomic mass is 10.1. The highest BCUT2D eigenvalue weighted by Crippen LogP contribution is 2.29. The largest absolute Gasteiger partial charge is 0.332 e. The van der Waals surface area contributed by atoms with Crippen LogP contribution in [0.4, 0.5) is 5.69 Å². The van der Waals surface area contributed by atoms with Gasteiger partial charge in [0.05, 0.1) is 0 Å². The van der Waals surface area contributed by atoms with Crippen LogP contribution in [0, 0.1) is 13.8 Å². The minimum Gasteiger partial charge on any atom is -0.332 e. The van der Waals surface area contributed by atoms with E-state index >= 15 is 0 Å². The SMILES string of the molecule is Cc1ccc(-c2nn3c(C)nnc3s2)cc1NC(=S)NC(=O)c1ccc(Cl)cc1. The Bertz CT molecular complexity index is 1230. The second kappa shape index (κ2) is 7.86. The smallest absolute Gasteiger partial charge is 0.257 e. The summed E-state index contributed by atoms with van der Waals surface area (Å²) in [5.41, 5.74) is 3.15. The molecule has 0 saturated heterocycles. The molecule has 146 valence electrons. The molecule has 0 atom stereocenters. The maximum atomic E-state index is 12.3. The number of benzene rings is 2. The average Bonchev–Trinajstić information content (AvgIpc) is 3.26. The molecule has 2 heterocycles. The fourth-order valence-electron chi connectivity index (χ4n) is 2.65. The predicted molar refractivity (Wildman–Crippen MR) is 119 cm³/mol. The van der Waals surface area contributed by atoms with Crippen molar-refractivity contribution in [1.82, 2.24) is 25.1 Å². The number of thiocarbonyl (C=S) groups is 1. The van der Waals surface area contributed by atoms with Gasteiger partial charge in [-0.15, -0.1) is 10.2 Å². The van der Waals surface area contributed by atoms with Gasteiger partial charge in [-0.25, -0.2) is 0 Å². The first-order valence-electron chi connectivity index (χ1n) is 8.58. The van der Waals surface area contributed by atoms with E-state index in [1.807, 2.05) is 32.0 Å². The van der Waals surface area contributed by atoms with Gasteiger partial charge in [-0.3, -0.25) is 10.1 Å². The summed E-state index contributed by atoms with van der Waals surface area (Å²) in [5.74, 6) is 0.427. The van der Waals surface area contributed by atoms with Crippen molar-refractivity contribution >= 4 is 56.8 Å².